The van der Waals surface area contributed by atoms with E-state index < -0.39 is 0 Å². The first-order valence-electron chi connectivity index (χ1n) is 6.75. The number of anilines is 2. The van der Waals surface area contributed by atoms with E-state index in [1.807, 2.05) is 13.0 Å². The number of nitrogens with one attached hydrogen (secondary N) is 1. The molecule has 5 heteroatoms. The van der Waals surface area contributed by atoms with Crippen molar-refractivity contribution in [1.29, 1.82) is 0 Å². The molecule has 0 aliphatic carbocycles. The number of nitrogen functional groups attached to an aromatic ring is 1. The molecule has 0 saturated carbocycles. The normalized spacial score (nSPS) is 10.4. The highest BCUT2D eigenvalue weighted by atomic mass is 15.3. The van der Waals surface area contributed by atoms with Crippen molar-refractivity contribution >= 4 is 11.5 Å². The summed E-state index contributed by atoms with van der Waals surface area (Å²) in [4.78, 5) is 11.1. The predicted molar refractivity (Wildman–Crippen MR) is 82.5 cm³/mol. The summed E-state index contributed by atoms with van der Waals surface area (Å²) in [6.45, 7) is 7.70. The molecule has 0 atom stereocenters. The van der Waals surface area contributed by atoms with Crippen LogP contribution in [0.15, 0.2) is 30.3 Å². The second-order valence-corrected chi connectivity index (χ2v) is 4.80. The van der Waals surface area contributed by atoms with Gasteiger partial charge in [0.1, 0.15) is 11.6 Å². The van der Waals surface area contributed by atoms with Crippen LogP contribution in [-0.4, -0.2) is 16.5 Å². The Balaban J connectivity index is 2.21. The molecule has 1 aromatic heterocycles. The average Bonchev–Trinajstić information content (AvgIpc) is 2.45. The highest BCUT2D eigenvalue weighted by Gasteiger charge is 2.08. The number of hydrazine groups is 1. The van der Waals surface area contributed by atoms with E-state index in [1.54, 1.807) is 0 Å². The summed E-state index contributed by atoms with van der Waals surface area (Å²) in [5.41, 5.74) is 5.91. The lowest BCUT2D eigenvalue weighted by molar-refractivity contribution is 0.775. The molecule has 5 nitrogen and oxygen atoms in total. The summed E-state index contributed by atoms with van der Waals surface area (Å²) in [6, 6.07) is 10.3. The Hall–Kier alpha value is -2.14. The molecule has 0 radical (unpaired) electrons. The van der Waals surface area contributed by atoms with E-state index in [-0.39, 0.29) is 0 Å². The Morgan fingerprint density at radius 1 is 1.15 bits per heavy atom. The quantitative estimate of drug-likeness (QED) is 0.645. The molecule has 106 valence electrons. The van der Waals surface area contributed by atoms with Crippen molar-refractivity contribution in [2.75, 3.05) is 16.9 Å². The fraction of sp³-hybridized carbons (Fsp3) is 0.333. The minimum Gasteiger partial charge on any atom is -0.364 e. The van der Waals surface area contributed by atoms with Gasteiger partial charge in [0.15, 0.2) is 0 Å². The van der Waals surface area contributed by atoms with Gasteiger partial charge in [-0.15, -0.1) is 0 Å². The average molecular weight is 271 g/mol. The Labute approximate surface area is 119 Å². The van der Waals surface area contributed by atoms with Gasteiger partial charge < -0.3 is 10.3 Å². The minimum absolute atomic E-state index is 0.646. The van der Waals surface area contributed by atoms with E-state index in [2.05, 4.69) is 58.4 Å². The van der Waals surface area contributed by atoms with Gasteiger partial charge in [-0.1, -0.05) is 17.7 Å². The molecule has 0 unspecified atom stereocenters. The van der Waals surface area contributed by atoms with E-state index in [0.717, 1.165) is 18.1 Å². The van der Waals surface area contributed by atoms with Crippen LogP contribution in [0.3, 0.4) is 0 Å². The number of aryl methyl sites for hydroxylation is 2. The fourth-order valence-corrected chi connectivity index (χ4v) is 2.09. The summed E-state index contributed by atoms with van der Waals surface area (Å²) in [5.74, 6) is 6.83. The molecular formula is C15H21N5. The van der Waals surface area contributed by atoms with Crippen LogP contribution >= 0.6 is 0 Å². The molecule has 0 aliphatic rings. The summed E-state index contributed by atoms with van der Waals surface area (Å²) in [7, 11) is 0. The Morgan fingerprint density at radius 2 is 1.85 bits per heavy atom. The standard InChI is InChI=1S/C15H21N5/c1-4-20(13-7-5-11(2)6-8-13)10-15-17-12(3)9-14(18-15)19-16/h5-9H,4,10,16H2,1-3H3,(H,17,18,19). The van der Waals surface area contributed by atoms with Gasteiger partial charge in [0.25, 0.3) is 0 Å². The second kappa shape index (κ2) is 6.34. The molecule has 0 saturated heterocycles. The fourth-order valence-electron chi connectivity index (χ4n) is 2.09. The molecule has 0 spiro atoms. The summed E-state index contributed by atoms with van der Waals surface area (Å²) in [6.07, 6.45) is 0. The summed E-state index contributed by atoms with van der Waals surface area (Å²) >= 11 is 0. The smallest absolute Gasteiger partial charge is 0.150 e. The minimum atomic E-state index is 0.646. The number of nitrogens with zero attached hydrogens (tertiary/aromatic N) is 3. The Kier molecular flexibility index (Phi) is 4.53. The lowest BCUT2D eigenvalue weighted by atomic mass is 10.2. The third-order valence-corrected chi connectivity index (χ3v) is 3.16. The van der Waals surface area contributed by atoms with Crippen LogP contribution in [0.2, 0.25) is 0 Å². The molecule has 0 amide bonds. The van der Waals surface area contributed by atoms with Crippen molar-refractivity contribution in [1.82, 2.24) is 9.97 Å². The van der Waals surface area contributed by atoms with Gasteiger partial charge in [-0.05, 0) is 32.9 Å². The van der Waals surface area contributed by atoms with Gasteiger partial charge >= 0.3 is 0 Å². The van der Waals surface area contributed by atoms with Gasteiger partial charge in [0.05, 0.1) is 6.54 Å². The zero-order valence-electron chi connectivity index (χ0n) is 12.2. The molecule has 0 bridgehead atoms. The molecule has 1 aromatic carbocycles. The van der Waals surface area contributed by atoms with Crippen molar-refractivity contribution in [3.05, 3.63) is 47.4 Å². The molecule has 20 heavy (non-hydrogen) atoms. The van der Waals surface area contributed by atoms with Crippen LogP contribution in [0.5, 0.6) is 0 Å². The number of rotatable bonds is 5. The maximum Gasteiger partial charge on any atom is 0.150 e. The monoisotopic (exact) mass is 271 g/mol. The van der Waals surface area contributed by atoms with Gasteiger partial charge in [-0.2, -0.15) is 0 Å². The predicted octanol–water partition coefficient (Wildman–Crippen LogP) is 2.41. The maximum absolute atomic E-state index is 5.42. The van der Waals surface area contributed by atoms with E-state index >= 15 is 0 Å². The first-order valence-corrected chi connectivity index (χ1v) is 6.75. The van der Waals surface area contributed by atoms with Gasteiger partial charge in [-0.25, -0.2) is 15.8 Å². The SMILES string of the molecule is CCN(Cc1nc(C)cc(NN)n1)c1ccc(C)cc1. The van der Waals surface area contributed by atoms with Crippen LogP contribution in [-0.2, 0) is 6.54 Å². The largest absolute Gasteiger partial charge is 0.364 e. The maximum atomic E-state index is 5.42. The number of hydrogen-bond donors (Lipinski definition) is 2. The number of nitrogens with two attached hydrogens (primary N) is 1. The molecule has 2 rings (SSSR count). The molecule has 0 aliphatic heterocycles. The van der Waals surface area contributed by atoms with Gasteiger partial charge in [0.2, 0.25) is 0 Å². The third kappa shape index (κ3) is 3.45. The van der Waals surface area contributed by atoms with Crippen LogP contribution in [0.1, 0.15) is 24.0 Å². The van der Waals surface area contributed by atoms with E-state index in [1.165, 1.54) is 11.3 Å². The molecule has 1 heterocycles. The highest BCUT2D eigenvalue weighted by Crippen LogP contribution is 2.17. The number of aromatic nitrogens is 2. The molecule has 0 fully saturated rings. The van der Waals surface area contributed by atoms with E-state index in [0.29, 0.717) is 12.4 Å². The third-order valence-electron chi connectivity index (χ3n) is 3.16. The first-order chi connectivity index (χ1) is 9.62. The van der Waals surface area contributed by atoms with Crippen molar-refractivity contribution in [3.63, 3.8) is 0 Å². The zero-order valence-corrected chi connectivity index (χ0v) is 12.2. The van der Waals surface area contributed by atoms with E-state index in [4.69, 9.17) is 5.84 Å². The number of benzene rings is 1. The Morgan fingerprint density at radius 3 is 2.45 bits per heavy atom. The first kappa shape index (κ1) is 14.3. The van der Waals surface area contributed by atoms with Crippen molar-refractivity contribution in [3.8, 4) is 0 Å². The van der Waals surface area contributed by atoms with Gasteiger partial charge in [0, 0.05) is 24.0 Å². The van der Waals surface area contributed by atoms with Crippen molar-refractivity contribution in [2.24, 2.45) is 5.84 Å². The summed E-state index contributed by atoms with van der Waals surface area (Å²) in [5, 5.41) is 0. The van der Waals surface area contributed by atoms with E-state index in [9.17, 15) is 0 Å². The van der Waals surface area contributed by atoms with Gasteiger partial charge in [-0.3, -0.25) is 0 Å². The molecule has 3 N–H and O–H groups in total. The summed E-state index contributed by atoms with van der Waals surface area (Å²) < 4.78 is 0. The van der Waals surface area contributed by atoms with Crippen LogP contribution in [0, 0.1) is 13.8 Å². The van der Waals surface area contributed by atoms with Crippen molar-refractivity contribution in [2.45, 2.75) is 27.3 Å². The lowest BCUT2D eigenvalue weighted by Gasteiger charge is -2.22. The van der Waals surface area contributed by atoms with Crippen molar-refractivity contribution < 1.29 is 0 Å². The topological polar surface area (TPSA) is 67.1 Å². The molecular weight excluding hydrogens is 250 g/mol. The molecule has 2 aromatic rings. The lowest BCUT2D eigenvalue weighted by Crippen LogP contribution is -2.24. The zero-order chi connectivity index (χ0) is 14.5. The second-order valence-electron chi connectivity index (χ2n) is 4.80. The Bertz CT molecular complexity index is 565. The number of hydrogen-bond acceptors (Lipinski definition) is 5. The van der Waals surface area contributed by atoms with Crippen LogP contribution in [0.4, 0.5) is 11.5 Å². The van der Waals surface area contributed by atoms with Crippen LogP contribution < -0.4 is 16.2 Å². The van der Waals surface area contributed by atoms with Crippen LogP contribution in [0.25, 0.3) is 0 Å². The highest BCUT2D eigenvalue weighted by molar-refractivity contribution is 5.47.